The van der Waals surface area contributed by atoms with Crippen LogP contribution >= 0.6 is 12.4 Å². The van der Waals surface area contributed by atoms with E-state index in [0.29, 0.717) is 11.2 Å². The molecule has 6 heteroatoms. The van der Waals surface area contributed by atoms with Crippen LogP contribution in [0, 0.1) is 0 Å². The molecular weight excluding hydrogens is 194 g/mol. The molecule has 0 saturated carbocycles. The van der Waals surface area contributed by atoms with Crippen LogP contribution in [-0.2, 0) is 0 Å². The van der Waals surface area contributed by atoms with Gasteiger partial charge in [-0.1, -0.05) is 0 Å². The van der Waals surface area contributed by atoms with Crippen molar-refractivity contribution in [3.05, 3.63) is 24.5 Å². The molecule has 2 heterocycles. The Bertz CT molecular complexity index is 396. The first-order valence-corrected chi connectivity index (χ1v) is 3.13. The third-order valence-corrected chi connectivity index (χ3v) is 1.31. The van der Waals surface area contributed by atoms with Crippen LogP contribution in [0.4, 0.5) is 0 Å². The lowest BCUT2D eigenvalue weighted by Gasteiger charge is -1.93. The molecule has 0 aliphatic rings. The second-order valence-corrected chi connectivity index (χ2v) is 2.07. The maximum absolute atomic E-state index is 8.92. The van der Waals surface area contributed by atoms with Crippen LogP contribution < -0.4 is 0 Å². The van der Waals surface area contributed by atoms with E-state index < -0.39 is 0 Å². The number of aromatic nitrogens is 3. The van der Waals surface area contributed by atoms with Crippen molar-refractivity contribution in [1.82, 2.24) is 15.0 Å². The Kier molecular flexibility index (Phi) is 4.03. The topological polar surface area (TPSA) is 90.4 Å². The van der Waals surface area contributed by atoms with Crippen LogP contribution in [0.1, 0.15) is 0 Å². The summed E-state index contributed by atoms with van der Waals surface area (Å²) in [5, 5.41) is 8.92. The Hall–Kier alpha value is -1.46. The first-order chi connectivity index (χ1) is 5.36. The monoisotopic (exact) mass is 201 g/mol. The van der Waals surface area contributed by atoms with Crippen LogP contribution in [0.15, 0.2) is 24.5 Å². The van der Waals surface area contributed by atoms with Crippen molar-refractivity contribution in [2.45, 2.75) is 0 Å². The summed E-state index contributed by atoms with van der Waals surface area (Å²) in [5.41, 5.74) is 1.15. The van der Waals surface area contributed by atoms with Crippen molar-refractivity contribution < 1.29 is 10.6 Å². The Balaban J connectivity index is 0.000000720. The van der Waals surface area contributed by atoms with Crippen molar-refractivity contribution in [3.8, 4) is 5.88 Å². The maximum atomic E-state index is 8.92. The third kappa shape index (κ3) is 2.24. The number of pyridine rings is 1. The van der Waals surface area contributed by atoms with Gasteiger partial charge in [-0.15, -0.1) is 12.4 Å². The molecule has 0 spiro atoms. The summed E-state index contributed by atoms with van der Waals surface area (Å²) in [6.45, 7) is 0. The normalized spacial score (nSPS) is 8.62. The number of hydrogen-bond donors (Lipinski definition) is 1. The lowest BCUT2D eigenvalue weighted by Crippen LogP contribution is -1.85. The molecular formula is C7H8ClN3O2. The van der Waals surface area contributed by atoms with E-state index in [-0.39, 0.29) is 23.8 Å². The largest absolute Gasteiger partial charge is 0.492 e. The van der Waals surface area contributed by atoms with Crippen molar-refractivity contribution >= 4 is 23.6 Å². The lowest BCUT2D eigenvalue weighted by molar-refractivity contribution is 0.453. The summed E-state index contributed by atoms with van der Waals surface area (Å²) < 4.78 is 0. The minimum atomic E-state index is -0.101. The Morgan fingerprint density at radius 2 is 2.00 bits per heavy atom. The molecule has 2 aromatic rings. The number of rotatable bonds is 0. The van der Waals surface area contributed by atoms with Gasteiger partial charge in [-0.3, -0.25) is 0 Å². The second kappa shape index (κ2) is 4.54. The van der Waals surface area contributed by atoms with Crippen LogP contribution in [0.2, 0.25) is 0 Å². The van der Waals surface area contributed by atoms with Crippen molar-refractivity contribution in [2.75, 3.05) is 0 Å². The molecule has 0 radical (unpaired) electrons. The molecule has 2 rings (SSSR count). The summed E-state index contributed by atoms with van der Waals surface area (Å²) in [6, 6.07) is 3.56. The van der Waals surface area contributed by atoms with E-state index in [1.807, 2.05) is 0 Å². The predicted octanol–water partition coefficient (Wildman–Crippen LogP) is 0.327. The molecule has 13 heavy (non-hydrogen) atoms. The fraction of sp³-hybridized carbons (Fsp3) is 0. The molecule has 3 N–H and O–H groups in total. The van der Waals surface area contributed by atoms with Gasteiger partial charge < -0.3 is 10.6 Å². The Morgan fingerprint density at radius 3 is 2.77 bits per heavy atom. The standard InChI is InChI=1S/C7H5N3O.ClH.H2O/c11-6-4-9-5-2-1-3-8-7(5)10-6;;/h1-4H,(H,8,10,11);1H;1H2. The number of aromatic hydroxyl groups is 1. The smallest absolute Gasteiger partial charge is 0.231 e. The fourth-order valence-electron chi connectivity index (χ4n) is 0.840. The van der Waals surface area contributed by atoms with E-state index in [0.717, 1.165) is 0 Å². The molecule has 0 atom stereocenters. The lowest BCUT2D eigenvalue weighted by atomic mass is 10.4. The zero-order valence-corrected chi connectivity index (χ0v) is 7.32. The first kappa shape index (κ1) is 11.5. The van der Waals surface area contributed by atoms with Gasteiger partial charge in [-0.05, 0) is 12.1 Å². The van der Waals surface area contributed by atoms with E-state index in [2.05, 4.69) is 15.0 Å². The number of fused-ring (bicyclic) bond motifs is 1. The molecule has 0 aliphatic heterocycles. The molecule has 0 amide bonds. The van der Waals surface area contributed by atoms with Crippen molar-refractivity contribution in [2.24, 2.45) is 0 Å². The van der Waals surface area contributed by atoms with Crippen LogP contribution in [-0.4, -0.2) is 25.5 Å². The molecule has 0 aliphatic carbocycles. The van der Waals surface area contributed by atoms with Gasteiger partial charge in [0, 0.05) is 6.20 Å². The summed E-state index contributed by atoms with van der Waals surface area (Å²) >= 11 is 0. The zero-order chi connectivity index (χ0) is 7.68. The van der Waals surface area contributed by atoms with Gasteiger partial charge in [-0.2, -0.15) is 4.98 Å². The molecule has 0 bridgehead atoms. The summed E-state index contributed by atoms with van der Waals surface area (Å²) in [5.74, 6) is -0.101. The van der Waals surface area contributed by atoms with Crippen molar-refractivity contribution in [3.63, 3.8) is 0 Å². The van der Waals surface area contributed by atoms with E-state index in [4.69, 9.17) is 5.11 Å². The quantitative estimate of drug-likeness (QED) is 0.665. The molecule has 0 unspecified atom stereocenters. The molecule has 0 saturated heterocycles. The van der Waals surface area contributed by atoms with Crippen LogP contribution in [0.3, 0.4) is 0 Å². The highest BCUT2D eigenvalue weighted by Gasteiger charge is 1.95. The van der Waals surface area contributed by atoms with Gasteiger partial charge in [0.1, 0.15) is 5.52 Å². The van der Waals surface area contributed by atoms with Gasteiger partial charge in [0.25, 0.3) is 0 Å². The Morgan fingerprint density at radius 1 is 1.23 bits per heavy atom. The van der Waals surface area contributed by atoms with Crippen LogP contribution in [0.5, 0.6) is 5.88 Å². The van der Waals surface area contributed by atoms with E-state index in [1.165, 1.54) is 6.20 Å². The summed E-state index contributed by atoms with van der Waals surface area (Å²) in [7, 11) is 0. The minimum Gasteiger partial charge on any atom is -0.492 e. The Labute approximate surface area is 80.2 Å². The molecule has 70 valence electrons. The van der Waals surface area contributed by atoms with E-state index in [1.54, 1.807) is 18.3 Å². The fourth-order valence-corrected chi connectivity index (χ4v) is 0.840. The highest BCUT2D eigenvalue weighted by Crippen LogP contribution is 2.07. The summed E-state index contributed by atoms with van der Waals surface area (Å²) in [6.07, 6.45) is 2.90. The van der Waals surface area contributed by atoms with Gasteiger partial charge in [-0.25, -0.2) is 9.97 Å². The van der Waals surface area contributed by atoms with Crippen LogP contribution in [0.25, 0.3) is 11.2 Å². The minimum absolute atomic E-state index is 0. The number of hydrogen-bond acceptors (Lipinski definition) is 4. The average Bonchev–Trinajstić information content (AvgIpc) is 2.04. The molecule has 5 nitrogen and oxygen atoms in total. The SMILES string of the molecule is Cl.O.Oc1cnc2cccnc2n1. The maximum Gasteiger partial charge on any atom is 0.231 e. The van der Waals surface area contributed by atoms with Crippen molar-refractivity contribution in [1.29, 1.82) is 0 Å². The zero-order valence-electron chi connectivity index (χ0n) is 6.51. The average molecular weight is 202 g/mol. The van der Waals surface area contributed by atoms with E-state index in [9.17, 15) is 0 Å². The van der Waals surface area contributed by atoms with Gasteiger partial charge >= 0.3 is 0 Å². The predicted molar refractivity (Wildman–Crippen MR) is 49.9 cm³/mol. The highest BCUT2D eigenvalue weighted by molar-refractivity contribution is 5.85. The van der Waals surface area contributed by atoms with Gasteiger partial charge in [0.15, 0.2) is 5.65 Å². The van der Waals surface area contributed by atoms with Gasteiger partial charge in [0.2, 0.25) is 5.88 Å². The molecule has 0 aromatic carbocycles. The third-order valence-electron chi connectivity index (χ3n) is 1.31. The molecule has 0 fully saturated rings. The first-order valence-electron chi connectivity index (χ1n) is 3.13. The molecule has 2 aromatic heterocycles. The summed E-state index contributed by atoms with van der Waals surface area (Å²) in [4.78, 5) is 11.6. The number of halogens is 1. The highest BCUT2D eigenvalue weighted by atomic mass is 35.5. The number of nitrogens with zero attached hydrogens (tertiary/aromatic N) is 3. The van der Waals surface area contributed by atoms with E-state index >= 15 is 0 Å². The van der Waals surface area contributed by atoms with Gasteiger partial charge in [0.05, 0.1) is 6.20 Å². The second-order valence-electron chi connectivity index (χ2n) is 2.07.